The number of nitrogens with zero attached hydrogens (tertiary/aromatic N) is 1. The van der Waals surface area contributed by atoms with Crippen molar-refractivity contribution in [2.24, 2.45) is 5.10 Å². The second kappa shape index (κ2) is 12.9. The van der Waals surface area contributed by atoms with E-state index in [4.69, 9.17) is 14.2 Å². The lowest BCUT2D eigenvalue weighted by Gasteiger charge is -2.11. The molecule has 0 aliphatic rings. The number of carbonyl (C=O) groups excluding carboxylic acids is 3. The van der Waals surface area contributed by atoms with Crippen molar-refractivity contribution in [1.82, 2.24) is 5.43 Å². The number of ether oxygens (including phenoxy) is 3. The number of rotatable bonds is 9. The third-order valence-electron chi connectivity index (χ3n) is 5.52. The lowest BCUT2D eigenvalue weighted by Crippen LogP contribution is -2.32. The van der Waals surface area contributed by atoms with Crippen LogP contribution in [-0.2, 0) is 9.59 Å². The number of carbonyl (C=O) groups is 3. The molecule has 0 unspecified atom stereocenters. The minimum Gasteiger partial charge on any atom is -0.494 e. The van der Waals surface area contributed by atoms with Gasteiger partial charge in [0.1, 0.15) is 17.2 Å². The van der Waals surface area contributed by atoms with Gasteiger partial charge in [-0.05, 0) is 79.2 Å². The molecule has 0 aliphatic heterocycles. The minimum atomic E-state index is -0.965. The summed E-state index contributed by atoms with van der Waals surface area (Å²) in [6, 6.07) is 24.2. The maximum absolute atomic E-state index is 12.8. The van der Waals surface area contributed by atoms with Crippen LogP contribution in [0.5, 0.6) is 17.2 Å². The van der Waals surface area contributed by atoms with Crippen LogP contribution in [0.3, 0.4) is 0 Å². The molecule has 2 N–H and O–H groups in total. The van der Waals surface area contributed by atoms with E-state index in [2.05, 4.69) is 15.8 Å². The molecule has 0 saturated carbocycles. The van der Waals surface area contributed by atoms with Gasteiger partial charge < -0.3 is 19.5 Å². The van der Waals surface area contributed by atoms with Gasteiger partial charge in [-0.2, -0.15) is 5.10 Å². The summed E-state index contributed by atoms with van der Waals surface area (Å²) >= 11 is 0. The minimum absolute atomic E-state index is 0.240. The molecule has 0 aliphatic carbocycles. The van der Waals surface area contributed by atoms with E-state index in [1.165, 1.54) is 6.21 Å². The van der Waals surface area contributed by atoms with Gasteiger partial charge >= 0.3 is 17.8 Å². The number of hydrazone groups is 1. The molecule has 4 rings (SSSR count). The van der Waals surface area contributed by atoms with Gasteiger partial charge in [0.2, 0.25) is 0 Å². The van der Waals surface area contributed by atoms with E-state index in [0.717, 1.165) is 10.8 Å². The molecular weight excluding hydrogens is 498 g/mol. The quantitative estimate of drug-likeness (QED) is 0.105. The number of amides is 2. The lowest BCUT2D eigenvalue weighted by molar-refractivity contribution is -0.136. The van der Waals surface area contributed by atoms with Gasteiger partial charge in [-0.25, -0.2) is 10.2 Å². The van der Waals surface area contributed by atoms with Gasteiger partial charge in [-0.1, -0.05) is 30.3 Å². The zero-order valence-electron chi connectivity index (χ0n) is 21.5. The highest BCUT2D eigenvalue weighted by Crippen LogP contribution is 2.27. The Bertz CT molecular complexity index is 1500. The maximum atomic E-state index is 12.8. The Morgan fingerprint density at radius 3 is 2.08 bits per heavy atom. The maximum Gasteiger partial charge on any atom is 0.343 e. The molecule has 0 aromatic heterocycles. The number of esters is 1. The fourth-order valence-corrected chi connectivity index (χ4v) is 3.71. The summed E-state index contributed by atoms with van der Waals surface area (Å²) in [5, 5.41) is 8.07. The lowest BCUT2D eigenvalue weighted by atomic mass is 10.0. The van der Waals surface area contributed by atoms with Crippen LogP contribution in [0.2, 0.25) is 0 Å². The van der Waals surface area contributed by atoms with Crippen molar-refractivity contribution in [3.05, 3.63) is 96.1 Å². The first-order chi connectivity index (χ1) is 19.0. The Labute approximate surface area is 225 Å². The van der Waals surface area contributed by atoms with Crippen LogP contribution in [0.15, 0.2) is 90.0 Å². The molecule has 0 bridgehead atoms. The van der Waals surface area contributed by atoms with Crippen molar-refractivity contribution in [3.63, 3.8) is 0 Å². The standard InChI is InChI=1S/C30H27N3O6/c1-3-37-23-14-9-21(10-15-23)30(36)39-27-18-11-20-7-5-6-8-25(20)26(27)19-31-33-29(35)28(34)32-22-12-16-24(17-13-22)38-4-2/h5-19H,3-4H2,1-2H3,(H,32,34)(H,33,35)/b31-19-. The molecule has 0 radical (unpaired) electrons. The molecular formula is C30H27N3O6. The topological polar surface area (TPSA) is 115 Å². The van der Waals surface area contributed by atoms with Crippen molar-refractivity contribution in [1.29, 1.82) is 0 Å². The SMILES string of the molecule is CCOc1ccc(NC(=O)C(=O)N/N=C\c2c(OC(=O)c3ccc(OCC)cc3)ccc3ccccc23)cc1. The largest absolute Gasteiger partial charge is 0.494 e. The molecule has 198 valence electrons. The fourth-order valence-electron chi connectivity index (χ4n) is 3.71. The predicted molar refractivity (Wildman–Crippen MR) is 148 cm³/mol. The van der Waals surface area contributed by atoms with Gasteiger partial charge in [0.05, 0.1) is 25.0 Å². The summed E-state index contributed by atoms with van der Waals surface area (Å²) in [6.45, 7) is 4.78. The highest BCUT2D eigenvalue weighted by atomic mass is 16.5. The summed E-state index contributed by atoms with van der Waals surface area (Å²) in [6.07, 6.45) is 1.34. The third-order valence-corrected chi connectivity index (χ3v) is 5.52. The molecule has 0 atom stereocenters. The van der Waals surface area contributed by atoms with Crippen LogP contribution >= 0.6 is 0 Å². The van der Waals surface area contributed by atoms with Gasteiger partial charge in [0.15, 0.2) is 0 Å². The Morgan fingerprint density at radius 1 is 0.769 bits per heavy atom. The van der Waals surface area contributed by atoms with E-state index >= 15 is 0 Å². The normalized spacial score (nSPS) is 10.7. The highest BCUT2D eigenvalue weighted by Gasteiger charge is 2.15. The van der Waals surface area contributed by atoms with Crippen LogP contribution in [0, 0.1) is 0 Å². The van der Waals surface area contributed by atoms with Crippen molar-refractivity contribution in [3.8, 4) is 17.2 Å². The Morgan fingerprint density at radius 2 is 1.41 bits per heavy atom. The molecule has 39 heavy (non-hydrogen) atoms. The monoisotopic (exact) mass is 525 g/mol. The van der Waals surface area contributed by atoms with Crippen molar-refractivity contribution in [2.45, 2.75) is 13.8 Å². The van der Waals surface area contributed by atoms with Crippen molar-refractivity contribution >= 4 is 40.5 Å². The van der Waals surface area contributed by atoms with Crippen LogP contribution in [-0.4, -0.2) is 37.2 Å². The van der Waals surface area contributed by atoms with Gasteiger partial charge in [0.25, 0.3) is 0 Å². The average Bonchev–Trinajstić information content (AvgIpc) is 2.95. The molecule has 0 spiro atoms. The second-order valence-corrected chi connectivity index (χ2v) is 8.16. The number of benzene rings is 4. The molecule has 0 heterocycles. The first kappa shape index (κ1) is 26.9. The van der Waals surface area contributed by atoms with E-state index < -0.39 is 17.8 Å². The summed E-state index contributed by atoms with van der Waals surface area (Å²) in [4.78, 5) is 37.5. The average molecular weight is 526 g/mol. The molecule has 4 aromatic rings. The summed E-state index contributed by atoms with van der Waals surface area (Å²) in [5.74, 6) is -0.885. The van der Waals surface area contributed by atoms with Gasteiger partial charge in [-0.3, -0.25) is 9.59 Å². The second-order valence-electron chi connectivity index (χ2n) is 8.16. The van der Waals surface area contributed by atoms with Crippen LogP contribution in [0.25, 0.3) is 10.8 Å². The number of fused-ring (bicyclic) bond motifs is 1. The Balaban J connectivity index is 1.48. The summed E-state index contributed by atoms with van der Waals surface area (Å²) in [5.41, 5.74) is 3.45. The highest BCUT2D eigenvalue weighted by molar-refractivity contribution is 6.39. The first-order valence-corrected chi connectivity index (χ1v) is 12.3. The molecule has 2 amide bonds. The number of hydrogen-bond acceptors (Lipinski definition) is 7. The van der Waals surface area contributed by atoms with Crippen LogP contribution in [0.4, 0.5) is 5.69 Å². The van der Waals surface area contributed by atoms with Gasteiger partial charge in [0, 0.05) is 11.3 Å². The molecule has 9 nitrogen and oxygen atoms in total. The Hall–Kier alpha value is -5.18. The van der Waals surface area contributed by atoms with E-state index in [0.29, 0.717) is 41.5 Å². The molecule has 4 aromatic carbocycles. The van der Waals surface area contributed by atoms with Crippen molar-refractivity contribution < 1.29 is 28.6 Å². The summed E-state index contributed by atoms with van der Waals surface area (Å²) < 4.78 is 16.5. The summed E-state index contributed by atoms with van der Waals surface area (Å²) in [7, 11) is 0. The number of hydrogen-bond donors (Lipinski definition) is 2. The molecule has 0 saturated heterocycles. The zero-order chi connectivity index (χ0) is 27.6. The predicted octanol–water partition coefficient (Wildman–Crippen LogP) is 4.95. The number of anilines is 1. The van der Waals surface area contributed by atoms with Crippen LogP contribution in [0.1, 0.15) is 29.8 Å². The van der Waals surface area contributed by atoms with Crippen LogP contribution < -0.4 is 25.0 Å². The van der Waals surface area contributed by atoms with Gasteiger partial charge in [-0.15, -0.1) is 0 Å². The number of nitrogens with one attached hydrogen (secondary N) is 2. The fraction of sp³-hybridized carbons (Fsp3) is 0.133. The van der Waals surface area contributed by atoms with E-state index in [1.807, 2.05) is 44.2 Å². The first-order valence-electron chi connectivity index (χ1n) is 12.3. The van der Waals surface area contributed by atoms with E-state index in [9.17, 15) is 14.4 Å². The zero-order valence-corrected chi connectivity index (χ0v) is 21.5. The third kappa shape index (κ3) is 6.98. The van der Waals surface area contributed by atoms with Crippen molar-refractivity contribution in [2.75, 3.05) is 18.5 Å². The molecule has 9 heteroatoms. The smallest absolute Gasteiger partial charge is 0.343 e. The van der Waals surface area contributed by atoms with E-state index in [-0.39, 0.29) is 5.75 Å². The molecule has 0 fully saturated rings. The Kier molecular flexibility index (Phi) is 8.87. The van der Waals surface area contributed by atoms with E-state index in [1.54, 1.807) is 54.6 Å².